The molecule has 3 atom stereocenters. The van der Waals surface area contributed by atoms with Crippen molar-refractivity contribution in [1.82, 2.24) is 9.47 Å². The van der Waals surface area contributed by atoms with E-state index >= 15 is 4.39 Å². The molecule has 3 fully saturated rings. The van der Waals surface area contributed by atoms with Gasteiger partial charge in [0.15, 0.2) is 0 Å². The third-order valence-electron chi connectivity index (χ3n) is 6.87. The number of halogens is 1. The minimum Gasteiger partial charge on any atom is -0.477 e. The van der Waals surface area contributed by atoms with E-state index in [1.807, 2.05) is 4.57 Å². The molecular weight excluding hydrogens is 373 g/mol. The average molecular weight is 399 g/mol. The number of carbonyl (C=O) groups is 1. The molecule has 1 aromatic carbocycles. The van der Waals surface area contributed by atoms with Crippen molar-refractivity contribution < 1.29 is 14.3 Å². The Morgan fingerprint density at radius 1 is 1.24 bits per heavy atom. The molecule has 1 N–H and O–H groups in total. The highest BCUT2D eigenvalue weighted by Gasteiger charge is 2.45. The maximum Gasteiger partial charge on any atom is 0.341 e. The van der Waals surface area contributed by atoms with Gasteiger partial charge in [0.25, 0.3) is 0 Å². The van der Waals surface area contributed by atoms with Crippen molar-refractivity contribution in [3.63, 3.8) is 0 Å². The SMILES string of the molecule is CN(C)C[C@@H]1C[C@@H]2C[C@@H]1CN2c1cc2c(cc1F)c(=O)c(C(=O)O)cn2C1CC1. The molecule has 1 aromatic heterocycles. The summed E-state index contributed by atoms with van der Waals surface area (Å²) in [5.74, 6) is -0.481. The predicted octanol–water partition coefficient (Wildman–Crippen LogP) is 2.95. The number of carboxylic acid groups (broad SMARTS) is 1. The standard InChI is InChI=1S/C22H26FN3O3/c1-24(2)9-12-5-15-6-13(12)10-25(15)20-8-19-16(7-18(20)23)21(27)17(22(28)29)11-26(19)14-3-4-14/h7-8,11-15H,3-6,9-10H2,1-2H3,(H,28,29)/t12-,13+,15+/m0/s1. The second-order valence-electron chi connectivity index (χ2n) is 9.20. The van der Waals surface area contributed by atoms with Crippen LogP contribution in [0.3, 0.4) is 0 Å². The minimum absolute atomic E-state index is 0.160. The van der Waals surface area contributed by atoms with Gasteiger partial charge in [-0.3, -0.25) is 4.79 Å². The Morgan fingerprint density at radius 3 is 2.59 bits per heavy atom. The molecule has 1 aliphatic heterocycles. The fourth-order valence-corrected chi connectivity index (χ4v) is 5.43. The topological polar surface area (TPSA) is 65.8 Å². The molecule has 6 nitrogen and oxygen atoms in total. The second kappa shape index (κ2) is 6.55. The number of nitrogens with zero attached hydrogens (tertiary/aromatic N) is 3. The summed E-state index contributed by atoms with van der Waals surface area (Å²) in [5, 5.41) is 9.55. The van der Waals surface area contributed by atoms with Crippen molar-refractivity contribution in [2.75, 3.05) is 32.1 Å². The smallest absolute Gasteiger partial charge is 0.341 e. The third-order valence-corrected chi connectivity index (χ3v) is 6.87. The quantitative estimate of drug-likeness (QED) is 0.838. The molecule has 0 unspecified atom stereocenters. The molecule has 5 rings (SSSR count). The minimum atomic E-state index is -1.26. The number of aromatic nitrogens is 1. The van der Waals surface area contributed by atoms with E-state index in [0.29, 0.717) is 29.1 Å². The number of anilines is 1. The van der Waals surface area contributed by atoms with E-state index in [4.69, 9.17) is 0 Å². The van der Waals surface area contributed by atoms with Crippen molar-refractivity contribution >= 4 is 22.6 Å². The van der Waals surface area contributed by atoms with E-state index in [0.717, 1.165) is 38.8 Å². The lowest BCUT2D eigenvalue weighted by Gasteiger charge is -2.34. The van der Waals surface area contributed by atoms with Gasteiger partial charge < -0.3 is 19.5 Å². The van der Waals surface area contributed by atoms with Gasteiger partial charge in [0, 0.05) is 36.8 Å². The van der Waals surface area contributed by atoms with Crippen LogP contribution in [0.1, 0.15) is 42.1 Å². The van der Waals surface area contributed by atoms with Crippen LogP contribution < -0.4 is 10.3 Å². The van der Waals surface area contributed by atoms with Gasteiger partial charge in [-0.25, -0.2) is 9.18 Å². The van der Waals surface area contributed by atoms with Crippen LogP contribution in [0.15, 0.2) is 23.1 Å². The normalized spacial score (nSPS) is 26.1. The van der Waals surface area contributed by atoms with Crippen LogP contribution >= 0.6 is 0 Å². The molecule has 2 bridgehead atoms. The summed E-state index contributed by atoms with van der Waals surface area (Å²) in [6.45, 7) is 1.90. The summed E-state index contributed by atoms with van der Waals surface area (Å²) >= 11 is 0. The summed E-state index contributed by atoms with van der Waals surface area (Å²) in [6, 6.07) is 3.55. The van der Waals surface area contributed by atoms with E-state index in [1.54, 1.807) is 6.07 Å². The zero-order chi connectivity index (χ0) is 20.4. The van der Waals surface area contributed by atoms with Gasteiger partial charge in [-0.2, -0.15) is 0 Å². The summed E-state index contributed by atoms with van der Waals surface area (Å²) in [7, 11) is 4.19. The van der Waals surface area contributed by atoms with Crippen LogP contribution in [0.5, 0.6) is 0 Å². The molecule has 2 aromatic rings. The molecule has 7 heteroatoms. The highest BCUT2D eigenvalue weighted by Crippen LogP contribution is 2.46. The third kappa shape index (κ3) is 3.03. The number of benzene rings is 1. The number of aromatic carboxylic acids is 1. The van der Waals surface area contributed by atoms with Gasteiger partial charge >= 0.3 is 5.97 Å². The van der Waals surface area contributed by atoms with E-state index in [1.165, 1.54) is 12.3 Å². The van der Waals surface area contributed by atoms with Crippen molar-refractivity contribution in [3.05, 3.63) is 39.9 Å². The largest absolute Gasteiger partial charge is 0.477 e. The van der Waals surface area contributed by atoms with E-state index in [-0.39, 0.29) is 17.0 Å². The van der Waals surface area contributed by atoms with Crippen molar-refractivity contribution in [2.24, 2.45) is 11.8 Å². The zero-order valence-corrected chi connectivity index (χ0v) is 16.8. The van der Waals surface area contributed by atoms with Crippen LogP contribution in [0, 0.1) is 17.7 Å². The maximum absolute atomic E-state index is 15.1. The Labute approximate surface area is 168 Å². The molecule has 2 saturated carbocycles. The van der Waals surface area contributed by atoms with Crippen LogP contribution in [0.2, 0.25) is 0 Å². The predicted molar refractivity (Wildman–Crippen MR) is 109 cm³/mol. The molecule has 0 spiro atoms. The highest BCUT2D eigenvalue weighted by atomic mass is 19.1. The first-order chi connectivity index (χ1) is 13.8. The number of piperidine rings is 1. The Hall–Kier alpha value is -2.41. The van der Waals surface area contributed by atoms with Gasteiger partial charge in [-0.05, 0) is 63.7 Å². The van der Waals surface area contributed by atoms with Crippen LogP contribution in [0.4, 0.5) is 10.1 Å². The van der Waals surface area contributed by atoms with Gasteiger partial charge in [0.1, 0.15) is 11.4 Å². The average Bonchev–Trinajstić information content (AvgIpc) is 3.31. The summed E-state index contributed by atoms with van der Waals surface area (Å²) in [6.07, 6.45) is 5.49. The van der Waals surface area contributed by atoms with E-state index in [2.05, 4.69) is 23.9 Å². The highest BCUT2D eigenvalue weighted by molar-refractivity contribution is 5.93. The monoisotopic (exact) mass is 399 g/mol. The fraction of sp³-hybridized carbons (Fsp3) is 0.545. The Balaban J connectivity index is 1.56. The Bertz CT molecular complexity index is 1060. The van der Waals surface area contributed by atoms with Gasteiger partial charge in [-0.1, -0.05) is 0 Å². The lowest BCUT2D eigenvalue weighted by molar-refractivity contribution is 0.0695. The van der Waals surface area contributed by atoms with E-state index < -0.39 is 17.2 Å². The molecule has 3 aliphatic rings. The van der Waals surface area contributed by atoms with Gasteiger partial charge in [0.05, 0.1) is 11.2 Å². The number of hydrogen-bond donors (Lipinski definition) is 1. The van der Waals surface area contributed by atoms with Crippen LogP contribution in [0.25, 0.3) is 10.9 Å². The molecule has 2 heterocycles. The first-order valence-corrected chi connectivity index (χ1v) is 10.4. The summed E-state index contributed by atoms with van der Waals surface area (Å²) in [4.78, 5) is 28.5. The molecule has 1 saturated heterocycles. The number of carboxylic acids is 1. The molecular formula is C22H26FN3O3. The van der Waals surface area contributed by atoms with Gasteiger partial charge in [-0.15, -0.1) is 0 Å². The molecule has 0 amide bonds. The van der Waals surface area contributed by atoms with E-state index in [9.17, 15) is 14.7 Å². The zero-order valence-electron chi connectivity index (χ0n) is 16.8. The summed E-state index contributed by atoms with van der Waals surface area (Å²) < 4.78 is 17.0. The summed E-state index contributed by atoms with van der Waals surface area (Å²) in [5.41, 5.74) is 0.295. The van der Waals surface area contributed by atoms with Gasteiger partial charge in [0.2, 0.25) is 5.43 Å². The molecule has 2 aliphatic carbocycles. The lowest BCUT2D eigenvalue weighted by Crippen LogP contribution is -2.39. The second-order valence-corrected chi connectivity index (χ2v) is 9.20. The first-order valence-electron chi connectivity index (χ1n) is 10.4. The maximum atomic E-state index is 15.1. The van der Waals surface area contributed by atoms with Crippen LogP contribution in [-0.2, 0) is 0 Å². The molecule has 0 radical (unpaired) electrons. The molecule has 29 heavy (non-hydrogen) atoms. The lowest BCUT2D eigenvalue weighted by atomic mass is 9.94. The number of rotatable bonds is 5. The molecule has 154 valence electrons. The van der Waals surface area contributed by atoms with Crippen molar-refractivity contribution in [2.45, 2.75) is 37.8 Å². The Kier molecular flexibility index (Phi) is 4.21. The Morgan fingerprint density at radius 2 is 2.00 bits per heavy atom. The number of pyridine rings is 1. The first kappa shape index (κ1) is 18.6. The number of hydrogen-bond acceptors (Lipinski definition) is 4. The van der Waals surface area contributed by atoms with Crippen molar-refractivity contribution in [1.29, 1.82) is 0 Å². The number of fused-ring (bicyclic) bond motifs is 3. The fourth-order valence-electron chi connectivity index (χ4n) is 5.43. The van der Waals surface area contributed by atoms with Crippen LogP contribution in [-0.4, -0.2) is 53.8 Å². The van der Waals surface area contributed by atoms with Crippen molar-refractivity contribution in [3.8, 4) is 0 Å².